The fourth-order valence-electron chi connectivity index (χ4n) is 3.70. The van der Waals surface area contributed by atoms with Gasteiger partial charge in [-0.3, -0.25) is 4.98 Å². The number of nitrogens with one attached hydrogen (secondary N) is 1. The van der Waals surface area contributed by atoms with Gasteiger partial charge in [0.25, 0.3) is 0 Å². The highest BCUT2D eigenvalue weighted by molar-refractivity contribution is 5.88. The van der Waals surface area contributed by atoms with E-state index in [1.807, 2.05) is 6.92 Å². The first-order valence-corrected chi connectivity index (χ1v) is 9.46. The highest BCUT2D eigenvalue weighted by Crippen LogP contribution is 2.29. The maximum absolute atomic E-state index is 12.6. The molecule has 1 aliphatic heterocycles. The zero-order chi connectivity index (χ0) is 21.4. The van der Waals surface area contributed by atoms with Gasteiger partial charge in [-0.15, -0.1) is 0 Å². The normalized spacial score (nSPS) is 26.6. The molecule has 5 atom stereocenters. The molecule has 0 spiro atoms. The summed E-state index contributed by atoms with van der Waals surface area (Å²) in [4.78, 5) is 16.8. The summed E-state index contributed by atoms with van der Waals surface area (Å²) >= 11 is 0. The highest BCUT2D eigenvalue weighted by Gasteiger charge is 2.43. The lowest BCUT2D eigenvalue weighted by atomic mass is 9.96. The molecule has 9 nitrogen and oxygen atoms in total. The Bertz CT molecular complexity index is 1100. The average molecular weight is 414 g/mol. The molecule has 5 N–H and O–H groups in total. The molecule has 3 heterocycles. The van der Waals surface area contributed by atoms with E-state index in [1.54, 1.807) is 42.6 Å². The molecule has 0 bridgehead atoms. The molecule has 158 valence electrons. The van der Waals surface area contributed by atoms with Gasteiger partial charge in [-0.1, -0.05) is 6.07 Å². The Balaban J connectivity index is 1.67. The molecule has 3 aromatic rings. The van der Waals surface area contributed by atoms with E-state index >= 15 is 0 Å². The van der Waals surface area contributed by atoms with Gasteiger partial charge in [0.1, 0.15) is 29.9 Å². The van der Waals surface area contributed by atoms with E-state index in [2.05, 4.69) is 10.3 Å². The molecule has 1 aromatic carbocycles. The quantitative estimate of drug-likeness (QED) is 0.382. The lowest BCUT2D eigenvalue weighted by Gasteiger charge is -2.40. The molecule has 0 saturated carbocycles. The van der Waals surface area contributed by atoms with Gasteiger partial charge in [0.15, 0.2) is 6.29 Å². The Morgan fingerprint density at radius 2 is 1.93 bits per heavy atom. The van der Waals surface area contributed by atoms with Crippen LogP contribution in [-0.4, -0.2) is 62.7 Å². The molecule has 4 rings (SSSR count). The Morgan fingerprint density at radius 3 is 2.63 bits per heavy atom. The second kappa shape index (κ2) is 8.13. The second-order valence-electron chi connectivity index (χ2n) is 7.21. The average Bonchev–Trinajstić information content (AvgIpc) is 2.74. The molecule has 30 heavy (non-hydrogen) atoms. The number of aliphatic hydroxyl groups excluding tert-OH is 4. The monoisotopic (exact) mass is 414 g/mol. The van der Waals surface area contributed by atoms with E-state index in [4.69, 9.17) is 9.15 Å². The number of aromatic nitrogens is 1. The number of aryl methyl sites for hydroxylation is 1. The molecule has 9 heteroatoms. The summed E-state index contributed by atoms with van der Waals surface area (Å²) in [6, 6.07) is 9.24. The Kier molecular flexibility index (Phi) is 5.54. The summed E-state index contributed by atoms with van der Waals surface area (Å²) in [6.45, 7) is 1.27. The predicted molar refractivity (Wildman–Crippen MR) is 108 cm³/mol. The van der Waals surface area contributed by atoms with E-state index in [9.17, 15) is 25.2 Å². The molecular weight excluding hydrogens is 392 g/mol. The van der Waals surface area contributed by atoms with Crippen LogP contribution in [0, 0.1) is 6.92 Å². The number of ether oxygens (including phenoxy) is 1. The minimum atomic E-state index is -1.46. The van der Waals surface area contributed by atoms with Crippen molar-refractivity contribution >= 4 is 16.7 Å². The lowest BCUT2D eigenvalue weighted by molar-refractivity contribution is -0.245. The first-order valence-electron chi connectivity index (χ1n) is 9.46. The van der Waals surface area contributed by atoms with Gasteiger partial charge < -0.3 is 34.9 Å². The summed E-state index contributed by atoms with van der Waals surface area (Å²) < 4.78 is 10.6. The standard InChI is InChI=1S/C21H22N2O7/c1-10-12-6-5-11(23-17-19(26)18(25)15(9-24)30-21(17)28)8-14(12)29-20(27)16(10)13-4-2-3-7-22-13/h2-8,15,17-19,21,23-26,28H,9H2,1H3/t15?,17?,18-,19-,21-/m0/s1. The molecule has 1 saturated heterocycles. The van der Waals surface area contributed by atoms with E-state index in [-0.39, 0.29) is 0 Å². The van der Waals surface area contributed by atoms with Gasteiger partial charge in [0, 0.05) is 23.3 Å². The minimum Gasteiger partial charge on any atom is -0.422 e. The van der Waals surface area contributed by atoms with E-state index in [0.717, 1.165) is 0 Å². The molecule has 0 amide bonds. The molecule has 0 aliphatic carbocycles. The Labute approximate surface area is 171 Å². The number of pyridine rings is 1. The van der Waals surface area contributed by atoms with Crippen molar-refractivity contribution in [3.8, 4) is 11.3 Å². The van der Waals surface area contributed by atoms with Crippen LogP contribution in [0.1, 0.15) is 5.56 Å². The zero-order valence-corrected chi connectivity index (χ0v) is 16.1. The fourth-order valence-corrected chi connectivity index (χ4v) is 3.70. The number of fused-ring (bicyclic) bond motifs is 1. The largest absolute Gasteiger partial charge is 0.422 e. The third-order valence-electron chi connectivity index (χ3n) is 5.32. The number of hydrogen-bond donors (Lipinski definition) is 5. The molecular formula is C21H22N2O7. The van der Waals surface area contributed by atoms with Gasteiger partial charge in [-0.2, -0.15) is 0 Å². The number of benzene rings is 1. The van der Waals surface area contributed by atoms with Crippen LogP contribution in [0.5, 0.6) is 0 Å². The summed E-state index contributed by atoms with van der Waals surface area (Å²) in [5, 5.41) is 43.2. The summed E-state index contributed by atoms with van der Waals surface area (Å²) in [5.41, 5.74) is 1.85. The predicted octanol–water partition coefficient (Wildman–Crippen LogP) is 0.375. The van der Waals surface area contributed by atoms with Crippen LogP contribution < -0.4 is 10.9 Å². The molecule has 2 unspecified atom stereocenters. The molecule has 0 radical (unpaired) electrons. The SMILES string of the molecule is Cc1c(-c2ccccn2)c(=O)oc2cc(NC3[C@@H](O)OC(CO)[C@H](O)[C@H]3O)ccc12. The first-order chi connectivity index (χ1) is 14.4. The summed E-state index contributed by atoms with van der Waals surface area (Å²) in [5.74, 6) is 0. The van der Waals surface area contributed by atoms with Crippen molar-refractivity contribution in [2.75, 3.05) is 11.9 Å². The Morgan fingerprint density at radius 1 is 1.13 bits per heavy atom. The van der Waals surface area contributed by atoms with Crippen LogP contribution in [0.3, 0.4) is 0 Å². The van der Waals surface area contributed by atoms with Crippen LogP contribution in [0.2, 0.25) is 0 Å². The van der Waals surface area contributed by atoms with Crippen molar-refractivity contribution in [1.29, 1.82) is 0 Å². The number of nitrogens with zero attached hydrogens (tertiary/aromatic N) is 1. The van der Waals surface area contributed by atoms with Gasteiger partial charge in [0.2, 0.25) is 0 Å². The van der Waals surface area contributed by atoms with Crippen LogP contribution in [0.4, 0.5) is 5.69 Å². The third-order valence-corrected chi connectivity index (χ3v) is 5.32. The number of anilines is 1. The molecule has 2 aromatic heterocycles. The summed E-state index contributed by atoms with van der Waals surface area (Å²) in [7, 11) is 0. The van der Waals surface area contributed by atoms with Gasteiger partial charge in [0.05, 0.1) is 17.9 Å². The molecule has 1 aliphatic rings. The van der Waals surface area contributed by atoms with Gasteiger partial charge in [-0.05, 0) is 36.8 Å². The number of hydrogen-bond acceptors (Lipinski definition) is 9. The Hall–Kier alpha value is -2.82. The smallest absolute Gasteiger partial charge is 0.346 e. The number of aliphatic hydroxyl groups is 4. The van der Waals surface area contributed by atoms with Crippen molar-refractivity contribution in [3.63, 3.8) is 0 Å². The van der Waals surface area contributed by atoms with E-state index in [1.165, 1.54) is 0 Å². The first kappa shape index (κ1) is 20.5. The van der Waals surface area contributed by atoms with Crippen molar-refractivity contribution in [2.24, 2.45) is 0 Å². The zero-order valence-electron chi connectivity index (χ0n) is 16.1. The maximum atomic E-state index is 12.6. The highest BCUT2D eigenvalue weighted by atomic mass is 16.6. The minimum absolute atomic E-state index is 0.316. The van der Waals surface area contributed by atoms with Crippen molar-refractivity contribution in [3.05, 3.63) is 58.6 Å². The van der Waals surface area contributed by atoms with E-state index < -0.39 is 42.9 Å². The molecule has 1 fully saturated rings. The van der Waals surface area contributed by atoms with Crippen molar-refractivity contribution in [2.45, 2.75) is 37.6 Å². The van der Waals surface area contributed by atoms with Crippen LogP contribution in [0.25, 0.3) is 22.2 Å². The van der Waals surface area contributed by atoms with Crippen molar-refractivity contribution < 1.29 is 29.6 Å². The van der Waals surface area contributed by atoms with Crippen molar-refractivity contribution in [1.82, 2.24) is 4.98 Å². The topological polar surface area (TPSA) is 145 Å². The number of rotatable bonds is 4. The fraction of sp³-hybridized carbons (Fsp3) is 0.333. The lowest BCUT2D eigenvalue weighted by Crippen LogP contribution is -2.61. The second-order valence-corrected chi connectivity index (χ2v) is 7.21. The third kappa shape index (κ3) is 3.57. The van der Waals surface area contributed by atoms with Crippen LogP contribution in [0.15, 0.2) is 51.8 Å². The van der Waals surface area contributed by atoms with Crippen LogP contribution in [-0.2, 0) is 4.74 Å². The van der Waals surface area contributed by atoms with Crippen LogP contribution >= 0.6 is 0 Å². The maximum Gasteiger partial charge on any atom is 0.346 e. The van der Waals surface area contributed by atoms with Gasteiger partial charge >= 0.3 is 5.63 Å². The van der Waals surface area contributed by atoms with Gasteiger partial charge in [-0.25, -0.2) is 4.79 Å². The van der Waals surface area contributed by atoms with E-state index in [0.29, 0.717) is 33.5 Å². The summed E-state index contributed by atoms with van der Waals surface area (Å²) in [6.07, 6.45) is -3.71.